The van der Waals surface area contributed by atoms with E-state index in [0.29, 0.717) is 17.4 Å². The van der Waals surface area contributed by atoms with Crippen LogP contribution in [0.15, 0.2) is 18.2 Å². The zero-order chi connectivity index (χ0) is 19.4. The highest BCUT2D eigenvalue weighted by Crippen LogP contribution is 2.28. The van der Waals surface area contributed by atoms with Gasteiger partial charge in [0.25, 0.3) is 0 Å². The van der Waals surface area contributed by atoms with Crippen LogP contribution in [0.2, 0.25) is 0 Å². The van der Waals surface area contributed by atoms with E-state index in [1.54, 1.807) is 7.11 Å². The average molecular weight is 369 g/mol. The van der Waals surface area contributed by atoms with Gasteiger partial charge in [0.2, 0.25) is 11.9 Å². The molecule has 0 saturated carbocycles. The van der Waals surface area contributed by atoms with Gasteiger partial charge < -0.3 is 15.0 Å². The van der Waals surface area contributed by atoms with Crippen LogP contribution in [0.4, 0.5) is 11.6 Å². The van der Waals surface area contributed by atoms with Crippen molar-refractivity contribution in [3.8, 4) is 5.75 Å². The van der Waals surface area contributed by atoms with Crippen LogP contribution in [0.1, 0.15) is 43.6 Å². The van der Waals surface area contributed by atoms with Crippen LogP contribution in [0, 0.1) is 6.92 Å². The summed E-state index contributed by atoms with van der Waals surface area (Å²) in [7, 11) is 1.60. The highest BCUT2D eigenvalue weighted by atomic mass is 16.5. The van der Waals surface area contributed by atoms with E-state index in [1.807, 2.05) is 36.9 Å². The predicted molar refractivity (Wildman–Crippen MR) is 105 cm³/mol. The van der Waals surface area contributed by atoms with E-state index < -0.39 is 0 Å². The van der Waals surface area contributed by atoms with Crippen LogP contribution >= 0.6 is 0 Å². The molecule has 3 rings (SSSR count). The lowest BCUT2D eigenvalue weighted by Crippen LogP contribution is -2.41. The number of aromatic nitrogens is 3. The number of amides is 1. The first-order chi connectivity index (χ1) is 13.1. The molecule has 7 nitrogen and oxygen atoms in total. The number of carbonyl (C=O) groups excluding carboxylic acids is 1. The number of benzene rings is 1. The van der Waals surface area contributed by atoms with Gasteiger partial charge in [-0.05, 0) is 50.3 Å². The normalized spacial score (nSPS) is 16.4. The lowest BCUT2D eigenvalue weighted by atomic mass is 10.1. The molecular formula is C20H27N5O2. The first-order valence-corrected chi connectivity index (χ1v) is 9.52. The van der Waals surface area contributed by atoms with Crippen LogP contribution in [0.5, 0.6) is 5.75 Å². The van der Waals surface area contributed by atoms with Crippen LogP contribution < -0.4 is 15.0 Å². The molecule has 0 aliphatic carbocycles. The molecular weight excluding hydrogens is 342 g/mol. The monoisotopic (exact) mass is 369 g/mol. The smallest absolute Gasteiger partial charge is 0.247 e. The molecule has 0 spiro atoms. The molecule has 2 heterocycles. The lowest BCUT2D eigenvalue weighted by molar-refractivity contribution is -0.117. The van der Waals surface area contributed by atoms with Crippen molar-refractivity contribution in [2.24, 2.45) is 0 Å². The number of nitrogens with one attached hydrogen (secondary N) is 1. The van der Waals surface area contributed by atoms with Crippen molar-refractivity contribution in [3.05, 3.63) is 35.2 Å². The number of anilines is 2. The molecule has 1 aromatic heterocycles. The topological polar surface area (TPSA) is 80.2 Å². The maximum absolute atomic E-state index is 13.0. The molecule has 1 unspecified atom stereocenters. The molecule has 2 aromatic rings. The Hall–Kier alpha value is -2.70. The fraction of sp³-hybridized carbons (Fsp3) is 0.500. The molecule has 0 radical (unpaired) electrons. The standard InChI is InChI=1S/C20H27N5O2/c1-5-14-15(6-2)23-24-20(22-14)25-11-7-8-17(25)19(26)21-16-12-13(3)9-10-18(16)27-4/h9-10,12,17H,5-8,11H2,1-4H3,(H,21,26). The third kappa shape index (κ3) is 4.02. The van der Waals surface area contributed by atoms with E-state index in [2.05, 4.69) is 27.4 Å². The Bertz CT molecular complexity index is 824. The van der Waals surface area contributed by atoms with E-state index in [1.165, 1.54) is 0 Å². The van der Waals surface area contributed by atoms with Crippen LogP contribution in [-0.2, 0) is 17.6 Å². The number of carbonyl (C=O) groups is 1. The molecule has 1 aromatic carbocycles. The Labute approximate surface area is 160 Å². The van der Waals surface area contributed by atoms with E-state index in [9.17, 15) is 4.79 Å². The fourth-order valence-electron chi connectivity index (χ4n) is 3.46. The van der Waals surface area contributed by atoms with Crippen molar-refractivity contribution < 1.29 is 9.53 Å². The van der Waals surface area contributed by atoms with Gasteiger partial charge in [-0.15, -0.1) is 5.10 Å². The summed E-state index contributed by atoms with van der Waals surface area (Å²) in [6.45, 7) is 6.84. The molecule has 1 saturated heterocycles. The zero-order valence-electron chi connectivity index (χ0n) is 16.5. The molecule has 144 valence electrons. The Kier molecular flexibility index (Phi) is 5.88. The van der Waals surface area contributed by atoms with Gasteiger partial charge >= 0.3 is 0 Å². The Morgan fingerprint density at radius 2 is 2.04 bits per heavy atom. The van der Waals surface area contributed by atoms with Gasteiger partial charge in [-0.2, -0.15) is 5.10 Å². The number of hydrogen-bond acceptors (Lipinski definition) is 6. The Morgan fingerprint density at radius 1 is 1.26 bits per heavy atom. The zero-order valence-corrected chi connectivity index (χ0v) is 16.5. The first-order valence-electron chi connectivity index (χ1n) is 9.52. The number of aryl methyl sites for hydroxylation is 3. The quantitative estimate of drug-likeness (QED) is 0.843. The summed E-state index contributed by atoms with van der Waals surface area (Å²) >= 11 is 0. The minimum Gasteiger partial charge on any atom is -0.495 e. The summed E-state index contributed by atoms with van der Waals surface area (Å²) in [6.07, 6.45) is 3.29. The number of hydrogen-bond donors (Lipinski definition) is 1. The van der Waals surface area contributed by atoms with Crippen molar-refractivity contribution in [3.63, 3.8) is 0 Å². The summed E-state index contributed by atoms with van der Waals surface area (Å²) in [5, 5.41) is 11.6. The summed E-state index contributed by atoms with van der Waals surface area (Å²) in [4.78, 5) is 19.6. The molecule has 1 N–H and O–H groups in total. The lowest BCUT2D eigenvalue weighted by Gasteiger charge is -2.24. The van der Waals surface area contributed by atoms with Crippen molar-refractivity contribution in [1.82, 2.24) is 15.2 Å². The maximum Gasteiger partial charge on any atom is 0.247 e. The van der Waals surface area contributed by atoms with Crippen molar-refractivity contribution in [2.75, 3.05) is 23.9 Å². The summed E-state index contributed by atoms with van der Waals surface area (Å²) < 4.78 is 5.37. The molecule has 27 heavy (non-hydrogen) atoms. The van der Waals surface area contributed by atoms with E-state index >= 15 is 0 Å². The van der Waals surface area contributed by atoms with Crippen LogP contribution in [0.3, 0.4) is 0 Å². The van der Waals surface area contributed by atoms with Crippen molar-refractivity contribution >= 4 is 17.5 Å². The number of nitrogens with zero attached hydrogens (tertiary/aromatic N) is 4. The van der Waals surface area contributed by atoms with Gasteiger partial charge in [0, 0.05) is 6.54 Å². The van der Waals surface area contributed by atoms with E-state index in [0.717, 1.165) is 49.2 Å². The highest BCUT2D eigenvalue weighted by molar-refractivity contribution is 5.98. The molecule has 1 atom stereocenters. The second-order valence-corrected chi connectivity index (χ2v) is 6.76. The largest absolute Gasteiger partial charge is 0.495 e. The van der Waals surface area contributed by atoms with Gasteiger partial charge in [0.15, 0.2) is 0 Å². The van der Waals surface area contributed by atoms with Crippen molar-refractivity contribution in [1.29, 1.82) is 0 Å². The Balaban J connectivity index is 1.82. The molecule has 1 fully saturated rings. The van der Waals surface area contributed by atoms with Gasteiger partial charge in [-0.1, -0.05) is 19.9 Å². The predicted octanol–water partition coefficient (Wildman–Crippen LogP) is 2.92. The van der Waals surface area contributed by atoms with Crippen molar-refractivity contribution in [2.45, 2.75) is 52.5 Å². The summed E-state index contributed by atoms with van der Waals surface area (Å²) in [5.74, 6) is 1.12. The summed E-state index contributed by atoms with van der Waals surface area (Å²) in [5.41, 5.74) is 3.62. The SMILES string of the molecule is CCc1nnc(N2CCCC2C(=O)Nc2cc(C)ccc2OC)nc1CC. The number of ether oxygens (including phenoxy) is 1. The highest BCUT2D eigenvalue weighted by Gasteiger charge is 2.33. The summed E-state index contributed by atoms with van der Waals surface area (Å²) in [6, 6.07) is 5.42. The van der Waals surface area contributed by atoms with Crippen LogP contribution in [-0.4, -0.2) is 40.8 Å². The minimum absolute atomic E-state index is 0.0717. The maximum atomic E-state index is 13.0. The molecule has 1 aliphatic rings. The molecule has 0 bridgehead atoms. The molecule has 7 heteroatoms. The molecule has 1 aliphatic heterocycles. The second-order valence-electron chi connectivity index (χ2n) is 6.76. The van der Waals surface area contributed by atoms with Gasteiger partial charge in [-0.25, -0.2) is 4.98 Å². The average Bonchev–Trinajstić information content (AvgIpc) is 3.17. The third-order valence-electron chi connectivity index (χ3n) is 4.92. The minimum atomic E-state index is -0.311. The van der Waals surface area contributed by atoms with Crippen LogP contribution in [0.25, 0.3) is 0 Å². The van der Waals surface area contributed by atoms with Gasteiger partial charge in [0.1, 0.15) is 11.8 Å². The third-order valence-corrected chi connectivity index (χ3v) is 4.92. The second kappa shape index (κ2) is 8.33. The fourth-order valence-corrected chi connectivity index (χ4v) is 3.46. The number of rotatable bonds is 6. The van der Waals surface area contributed by atoms with E-state index in [-0.39, 0.29) is 11.9 Å². The first kappa shape index (κ1) is 19.1. The Morgan fingerprint density at radius 3 is 2.74 bits per heavy atom. The molecule has 1 amide bonds. The van der Waals surface area contributed by atoms with Gasteiger partial charge in [0.05, 0.1) is 24.2 Å². The van der Waals surface area contributed by atoms with Gasteiger partial charge in [-0.3, -0.25) is 4.79 Å². The van der Waals surface area contributed by atoms with E-state index in [4.69, 9.17) is 4.74 Å². The number of methoxy groups -OCH3 is 1.